The summed E-state index contributed by atoms with van der Waals surface area (Å²) in [5.41, 5.74) is 0. The molecule has 1 aliphatic carbocycles. The van der Waals surface area contributed by atoms with Gasteiger partial charge < -0.3 is 4.90 Å². The van der Waals surface area contributed by atoms with Gasteiger partial charge in [0.15, 0.2) is 0 Å². The molecule has 14 heavy (non-hydrogen) atoms. The van der Waals surface area contributed by atoms with Crippen LogP contribution in [0, 0.1) is 5.92 Å². The highest BCUT2D eigenvalue weighted by atomic mass is 15.3. The minimum atomic E-state index is 1.05. The molecule has 80 valence electrons. The molecule has 1 saturated heterocycles. The van der Waals surface area contributed by atoms with E-state index in [0.717, 1.165) is 12.5 Å². The van der Waals surface area contributed by atoms with Gasteiger partial charge in [-0.1, -0.05) is 12.2 Å². The van der Waals surface area contributed by atoms with E-state index in [1.54, 1.807) is 0 Å². The van der Waals surface area contributed by atoms with Gasteiger partial charge >= 0.3 is 0 Å². The summed E-state index contributed by atoms with van der Waals surface area (Å²) in [5, 5.41) is 0. The Morgan fingerprint density at radius 1 is 1.07 bits per heavy atom. The first-order valence-electron chi connectivity index (χ1n) is 5.94. The molecule has 0 aromatic carbocycles. The van der Waals surface area contributed by atoms with Crippen molar-refractivity contribution in [2.75, 3.05) is 39.3 Å². The molecule has 1 saturated carbocycles. The van der Waals surface area contributed by atoms with Gasteiger partial charge in [0.05, 0.1) is 0 Å². The van der Waals surface area contributed by atoms with Crippen LogP contribution in [0.5, 0.6) is 0 Å². The number of hydrogen-bond acceptors (Lipinski definition) is 2. The Hall–Kier alpha value is -0.340. The van der Waals surface area contributed by atoms with Crippen LogP contribution in [0.1, 0.15) is 19.8 Å². The lowest BCUT2D eigenvalue weighted by Crippen LogP contribution is -2.46. The van der Waals surface area contributed by atoms with Gasteiger partial charge in [-0.25, -0.2) is 0 Å². The quantitative estimate of drug-likeness (QED) is 0.627. The van der Waals surface area contributed by atoms with E-state index in [2.05, 4.69) is 28.9 Å². The molecular weight excluding hydrogens is 172 g/mol. The Labute approximate surface area is 87.6 Å². The summed E-state index contributed by atoms with van der Waals surface area (Å²) in [5.74, 6) is 1.05. The van der Waals surface area contributed by atoms with Crippen molar-refractivity contribution in [2.45, 2.75) is 19.8 Å². The van der Waals surface area contributed by atoms with E-state index in [4.69, 9.17) is 0 Å². The second-order valence-electron chi connectivity index (χ2n) is 4.61. The van der Waals surface area contributed by atoms with Gasteiger partial charge in [0.2, 0.25) is 0 Å². The molecule has 0 amide bonds. The summed E-state index contributed by atoms with van der Waals surface area (Å²) in [6, 6.07) is 0. The first-order valence-corrected chi connectivity index (χ1v) is 5.94. The Bertz CT molecular complexity index is 188. The Morgan fingerprint density at radius 3 is 2.29 bits per heavy atom. The van der Waals surface area contributed by atoms with Crippen molar-refractivity contribution in [2.24, 2.45) is 5.92 Å². The van der Waals surface area contributed by atoms with Gasteiger partial charge in [-0.15, -0.1) is 0 Å². The third kappa shape index (κ3) is 3.10. The van der Waals surface area contributed by atoms with Crippen LogP contribution in [0.2, 0.25) is 0 Å². The maximum Gasteiger partial charge on any atom is 0.0164 e. The van der Waals surface area contributed by atoms with Crippen LogP contribution in [-0.2, 0) is 0 Å². The van der Waals surface area contributed by atoms with Crippen LogP contribution in [0.4, 0.5) is 0 Å². The van der Waals surface area contributed by atoms with Crippen molar-refractivity contribution in [3.63, 3.8) is 0 Å². The number of nitrogens with zero attached hydrogens (tertiary/aromatic N) is 2. The molecule has 0 N–H and O–H groups in total. The molecule has 0 aromatic heterocycles. The molecule has 0 radical (unpaired) electrons. The summed E-state index contributed by atoms with van der Waals surface area (Å²) in [7, 11) is 0. The molecule has 2 nitrogen and oxygen atoms in total. The van der Waals surface area contributed by atoms with E-state index in [9.17, 15) is 0 Å². The molecule has 2 rings (SSSR count). The SMILES string of the molecule is C/C=C/CN1CCN(CC2CC2)CC1. The second kappa shape index (κ2) is 4.94. The molecule has 2 aliphatic rings. The number of hydrogen-bond donors (Lipinski definition) is 0. The molecular formula is C12H22N2. The van der Waals surface area contributed by atoms with Crippen LogP contribution in [0.3, 0.4) is 0 Å². The molecule has 1 heterocycles. The average Bonchev–Trinajstić information content (AvgIpc) is 3.01. The van der Waals surface area contributed by atoms with Gasteiger partial charge in [0.25, 0.3) is 0 Å². The van der Waals surface area contributed by atoms with Gasteiger partial charge in [0, 0.05) is 39.3 Å². The van der Waals surface area contributed by atoms with Crippen LogP contribution < -0.4 is 0 Å². The van der Waals surface area contributed by atoms with Crippen molar-refractivity contribution in [1.82, 2.24) is 9.80 Å². The molecule has 0 unspecified atom stereocenters. The van der Waals surface area contributed by atoms with Crippen molar-refractivity contribution in [3.8, 4) is 0 Å². The van der Waals surface area contributed by atoms with E-state index >= 15 is 0 Å². The van der Waals surface area contributed by atoms with E-state index < -0.39 is 0 Å². The van der Waals surface area contributed by atoms with Crippen molar-refractivity contribution in [1.29, 1.82) is 0 Å². The summed E-state index contributed by atoms with van der Waals surface area (Å²) in [6.45, 7) is 9.71. The van der Waals surface area contributed by atoms with Gasteiger partial charge in [-0.3, -0.25) is 4.90 Å². The molecule has 0 bridgehead atoms. The van der Waals surface area contributed by atoms with Gasteiger partial charge in [0.1, 0.15) is 0 Å². The predicted octanol–water partition coefficient (Wildman–Crippen LogP) is 1.59. The summed E-state index contributed by atoms with van der Waals surface area (Å²) < 4.78 is 0. The van der Waals surface area contributed by atoms with Crippen LogP contribution in [0.25, 0.3) is 0 Å². The fourth-order valence-electron chi connectivity index (χ4n) is 2.07. The molecule has 0 aromatic rings. The van der Waals surface area contributed by atoms with Crippen molar-refractivity contribution < 1.29 is 0 Å². The lowest BCUT2D eigenvalue weighted by atomic mass is 10.3. The molecule has 0 atom stereocenters. The topological polar surface area (TPSA) is 6.48 Å². The van der Waals surface area contributed by atoms with Crippen LogP contribution in [0.15, 0.2) is 12.2 Å². The Kier molecular flexibility index (Phi) is 3.60. The fourth-order valence-corrected chi connectivity index (χ4v) is 2.07. The van der Waals surface area contributed by atoms with Gasteiger partial charge in [-0.05, 0) is 25.7 Å². The molecule has 2 fully saturated rings. The van der Waals surface area contributed by atoms with E-state index in [-0.39, 0.29) is 0 Å². The highest BCUT2D eigenvalue weighted by Gasteiger charge is 2.25. The van der Waals surface area contributed by atoms with E-state index in [1.165, 1.54) is 45.6 Å². The molecule has 0 spiro atoms. The lowest BCUT2D eigenvalue weighted by Gasteiger charge is -2.34. The van der Waals surface area contributed by atoms with Crippen molar-refractivity contribution in [3.05, 3.63) is 12.2 Å². The molecule has 1 aliphatic heterocycles. The summed E-state index contributed by atoms with van der Waals surface area (Å²) >= 11 is 0. The normalized spacial score (nSPS) is 26.1. The Balaban J connectivity index is 1.63. The van der Waals surface area contributed by atoms with Gasteiger partial charge in [-0.2, -0.15) is 0 Å². The summed E-state index contributed by atoms with van der Waals surface area (Å²) in [6.07, 6.45) is 7.38. The maximum atomic E-state index is 2.64. The zero-order valence-electron chi connectivity index (χ0n) is 9.28. The number of rotatable bonds is 4. The number of piperazine rings is 1. The Morgan fingerprint density at radius 2 is 1.71 bits per heavy atom. The smallest absolute Gasteiger partial charge is 0.0164 e. The third-order valence-corrected chi connectivity index (χ3v) is 3.28. The zero-order chi connectivity index (χ0) is 9.80. The minimum Gasteiger partial charge on any atom is -0.301 e. The van der Waals surface area contributed by atoms with Crippen LogP contribution >= 0.6 is 0 Å². The number of allylic oxidation sites excluding steroid dienone is 1. The third-order valence-electron chi connectivity index (χ3n) is 3.28. The first-order chi connectivity index (χ1) is 6.88. The zero-order valence-corrected chi connectivity index (χ0v) is 9.28. The standard InChI is InChI=1S/C12H22N2/c1-2-3-6-13-7-9-14(10-8-13)11-12-4-5-12/h2-3,12H,4-11H2,1H3/b3-2+. The highest BCUT2D eigenvalue weighted by Crippen LogP contribution is 2.29. The van der Waals surface area contributed by atoms with E-state index in [1.807, 2.05) is 0 Å². The largest absolute Gasteiger partial charge is 0.301 e. The maximum absolute atomic E-state index is 2.64. The second-order valence-corrected chi connectivity index (χ2v) is 4.61. The van der Waals surface area contributed by atoms with E-state index in [0.29, 0.717) is 0 Å². The lowest BCUT2D eigenvalue weighted by molar-refractivity contribution is 0.138. The fraction of sp³-hybridized carbons (Fsp3) is 0.833. The highest BCUT2D eigenvalue weighted by molar-refractivity contribution is 4.85. The van der Waals surface area contributed by atoms with Crippen LogP contribution in [-0.4, -0.2) is 49.1 Å². The average molecular weight is 194 g/mol. The predicted molar refractivity (Wildman–Crippen MR) is 60.4 cm³/mol. The van der Waals surface area contributed by atoms with Crippen molar-refractivity contribution >= 4 is 0 Å². The monoisotopic (exact) mass is 194 g/mol. The first kappa shape index (κ1) is 10.2. The molecule has 2 heteroatoms. The summed E-state index contributed by atoms with van der Waals surface area (Å²) in [4.78, 5) is 5.19. The minimum absolute atomic E-state index is 1.05.